The monoisotopic (exact) mass is 302 g/mol. The molecule has 1 aromatic carbocycles. The van der Waals surface area contributed by atoms with Gasteiger partial charge in [0.2, 0.25) is 0 Å². The Morgan fingerprint density at radius 1 is 1.24 bits per heavy atom. The van der Waals surface area contributed by atoms with Crippen LogP contribution < -0.4 is 5.32 Å². The van der Waals surface area contributed by atoms with Crippen molar-refractivity contribution in [3.63, 3.8) is 0 Å². The van der Waals surface area contributed by atoms with Crippen LogP contribution in [-0.4, -0.2) is 17.4 Å². The summed E-state index contributed by atoms with van der Waals surface area (Å²) in [7, 11) is 0. The lowest BCUT2D eigenvalue weighted by Gasteiger charge is -2.12. The molecule has 1 amide bonds. The fourth-order valence-corrected chi connectivity index (χ4v) is 3.09. The average molecular weight is 302 g/mol. The van der Waals surface area contributed by atoms with Gasteiger partial charge in [0.25, 0.3) is 5.91 Å². The van der Waals surface area contributed by atoms with Crippen molar-refractivity contribution in [2.45, 2.75) is 39.5 Å². The standard InChI is InChI=1S/C17H22N2OS/c1-11(2)17-19-13(4)15(21-17)16(20)18-10-12(3)14-8-6-5-7-9-14/h5-9,11-12H,10H2,1-4H3,(H,18,20)/t12-/m0/s1. The fourth-order valence-electron chi connectivity index (χ4n) is 2.10. The molecule has 0 saturated heterocycles. The van der Waals surface area contributed by atoms with Crippen LogP contribution in [0.4, 0.5) is 0 Å². The van der Waals surface area contributed by atoms with E-state index in [9.17, 15) is 4.79 Å². The number of aromatic nitrogens is 1. The van der Waals surface area contributed by atoms with Crippen molar-refractivity contribution in [3.05, 3.63) is 51.5 Å². The van der Waals surface area contributed by atoms with Crippen LogP contribution in [0.5, 0.6) is 0 Å². The number of nitrogens with one attached hydrogen (secondary N) is 1. The van der Waals surface area contributed by atoms with Gasteiger partial charge in [-0.15, -0.1) is 11.3 Å². The predicted octanol–water partition coefficient (Wildman–Crippen LogP) is 4.11. The van der Waals surface area contributed by atoms with Gasteiger partial charge >= 0.3 is 0 Å². The first-order valence-electron chi connectivity index (χ1n) is 7.29. The van der Waals surface area contributed by atoms with E-state index in [0.29, 0.717) is 18.4 Å². The number of amides is 1. The Morgan fingerprint density at radius 3 is 2.48 bits per heavy atom. The maximum atomic E-state index is 12.3. The third kappa shape index (κ3) is 3.91. The summed E-state index contributed by atoms with van der Waals surface area (Å²) >= 11 is 1.50. The minimum Gasteiger partial charge on any atom is -0.351 e. The average Bonchev–Trinajstić information content (AvgIpc) is 2.87. The zero-order valence-corrected chi connectivity index (χ0v) is 13.8. The summed E-state index contributed by atoms with van der Waals surface area (Å²) in [4.78, 5) is 17.5. The molecule has 1 atom stereocenters. The fraction of sp³-hybridized carbons (Fsp3) is 0.412. The molecule has 2 aromatic rings. The van der Waals surface area contributed by atoms with Gasteiger partial charge in [-0.1, -0.05) is 51.1 Å². The number of nitrogens with zero attached hydrogens (tertiary/aromatic N) is 1. The van der Waals surface area contributed by atoms with E-state index in [-0.39, 0.29) is 5.91 Å². The molecule has 3 nitrogen and oxygen atoms in total. The van der Waals surface area contributed by atoms with Crippen LogP contribution in [-0.2, 0) is 0 Å². The van der Waals surface area contributed by atoms with Crippen LogP contribution in [0, 0.1) is 6.92 Å². The van der Waals surface area contributed by atoms with Crippen LogP contribution in [0.2, 0.25) is 0 Å². The van der Waals surface area contributed by atoms with Crippen molar-refractivity contribution < 1.29 is 4.79 Å². The van der Waals surface area contributed by atoms with Crippen LogP contribution in [0.1, 0.15) is 58.5 Å². The van der Waals surface area contributed by atoms with E-state index in [1.165, 1.54) is 16.9 Å². The summed E-state index contributed by atoms with van der Waals surface area (Å²) in [5.41, 5.74) is 2.07. The Bertz CT molecular complexity index is 605. The third-order valence-corrected chi connectivity index (χ3v) is 4.91. The minimum absolute atomic E-state index is 0.0142. The van der Waals surface area contributed by atoms with Crippen molar-refractivity contribution in [3.8, 4) is 0 Å². The molecule has 0 fully saturated rings. The van der Waals surface area contributed by atoms with Crippen molar-refractivity contribution in [1.29, 1.82) is 0 Å². The Balaban J connectivity index is 1.99. The Hall–Kier alpha value is -1.68. The topological polar surface area (TPSA) is 42.0 Å². The van der Waals surface area contributed by atoms with Crippen LogP contribution in [0.3, 0.4) is 0 Å². The number of carbonyl (C=O) groups excluding carboxylic acids is 1. The van der Waals surface area contributed by atoms with Crippen molar-refractivity contribution in [1.82, 2.24) is 10.3 Å². The van der Waals surface area contributed by atoms with Crippen LogP contribution in [0.15, 0.2) is 30.3 Å². The molecule has 0 saturated carbocycles. The molecule has 21 heavy (non-hydrogen) atoms. The number of hydrogen-bond acceptors (Lipinski definition) is 3. The van der Waals surface area contributed by atoms with Gasteiger partial charge in [0.1, 0.15) is 4.88 Å². The maximum absolute atomic E-state index is 12.3. The second-order valence-electron chi connectivity index (χ2n) is 5.64. The van der Waals surface area contributed by atoms with Gasteiger partial charge in [0.05, 0.1) is 10.7 Å². The molecule has 0 unspecified atom stereocenters. The van der Waals surface area contributed by atoms with Gasteiger partial charge in [-0.25, -0.2) is 4.98 Å². The van der Waals surface area contributed by atoms with Gasteiger partial charge in [-0.2, -0.15) is 0 Å². The SMILES string of the molecule is Cc1nc(C(C)C)sc1C(=O)NC[C@H](C)c1ccccc1. The molecule has 1 heterocycles. The zero-order chi connectivity index (χ0) is 15.4. The molecule has 0 aliphatic carbocycles. The van der Waals surface area contributed by atoms with E-state index in [4.69, 9.17) is 0 Å². The van der Waals surface area contributed by atoms with Gasteiger partial charge in [0, 0.05) is 12.5 Å². The molecule has 0 aliphatic rings. The summed E-state index contributed by atoms with van der Waals surface area (Å²) in [6.45, 7) is 8.85. The van der Waals surface area contributed by atoms with E-state index in [1.54, 1.807) is 0 Å². The molecule has 2 rings (SSSR count). The smallest absolute Gasteiger partial charge is 0.263 e. The molecular formula is C17H22N2OS. The van der Waals surface area contributed by atoms with E-state index in [1.807, 2.05) is 25.1 Å². The minimum atomic E-state index is -0.0142. The molecular weight excluding hydrogens is 280 g/mol. The van der Waals surface area contributed by atoms with Gasteiger partial charge < -0.3 is 5.32 Å². The first-order valence-corrected chi connectivity index (χ1v) is 8.11. The molecule has 0 radical (unpaired) electrons. The lowest BCUT2D eigenvalue weighted by atomic mass is 10.0. The van der Waals surface area contributed by atoms with E-state index in [0.717, 1.165) is 15.6 Å². The van der Waals surface area contributed by atoms with Gasteiger partial charge in [0.15, 0.2) is 0 Å². The summed E-state index contributed by atoms with van der Waals surface area (Å²) in [5.74, 6) is 0.645. The number of thiazole rings is 1. The molecule has 1 aromatic heterocycles. The number of carbonyl (C=O) groups is 1. The number of aryl methyl sites for hydroxylation is 1. The number of benzene rings is 1. The van der Waals surface area contributed by atoms with E-state index >= 15 is 0 Å². The lowest BCUT2D eigenvalue weighted by Crippen LogP contribution is -2.27. The maximum Gasteiger partial charge on any atom is 0.263 e. The third-order valence-electron chi connectivity index (χ3n) is 3.45. The van der Waals surface area contributed by atoms with Crippen molar-refractivity contribution in [2.75, 3.05) is 6.54 Å². The van der Waals surface area contributed by atoms with Gasteiger partial charge in [-0.05, 0) is 18.4 Å². The quantitative estimate of drug-likeness (QED) is 0.903. The summed E-state index contributed by atoms with van der Waals surface area (Å²) in [6.07, 6.45) is 0. The van der Waals surface area contributed by atoms with E-state index in [2.05, 4.69) is 43.2 Å². The summed E-state index contributed by atoms with van der Waals surface area (Å²) in [6, 6.07) is 10.2. The largest absolute Gasteiger partial charge is 0.351 e. The predicted molar refractivity (Wildman–Crippen MR) is 88.1 cm³/mol. The first-order chi connectivity index (χ1) is 9.99. The highest BCUT2D eigenvalue weighted by atomic mass is 32.1. The first kappa shape index (κ1) is 15.7. The molecule has 0 spiro atoms. The molecule has 1 N–H and O–H groups in total. The van der Waals surface area contributed by atoms with Crippen molar-refractivity contribution in [2.24, 2.45) is 0 Å². The molecule has 112 valence electrons. The Labute approximate surface area is 130 Å². The van der Waals surface area contributed by atoms with Gasteiger partial charge in [-0.3, -0.25) is 4.79 Å². The highest BCUT2D eigenvalue weighted by Crippen LogP contribution is 2.24. The summed E-state index contributed by atoms with van der Waals surface area (Å²) < 4.78 is 0. The van der Waals surface area contributed by atoms with Crippen LogP contribution >= 0.6 is 11.3 Å². The van der Waals surface area contributed by atoms with E-state index < -0.39 is 0 Å². The normalized spacial score (nSPS) is 12.4. The second kappa shape index (κ2) is 6.85. The summed E-state index contributed by atoms with van der Waals surface area (Å²) in [5, 5.41) is 4.04. The second-order valence-corrected chi connectivity index (χ2v) is 6.67. The number of hydrogen-bond donors (Lipinski definition) is 1. The Kier molecular flexibility index (Phi) is 5.12. The van der Waals surface area contributed by atoms with Crippen molar-refractivity contribution >= 4 is 17.2 Å². The zero-order valence-electron chi connectivity index (χ0n) is 13.0. The Morgan fingerprint density at radius 2 is 1.90 bits per heavy atom. The highest BCUT2D eigenvalue weighted by Gasteiger charge is 2.17. The molecule has 0 aliphatic heterocycles. The lowest BCUT2D eigenvalue weighted by molar-refractivity contribution is 0.0955. The molecule has 4 heteroatoms. The van der Waals surface area contributed by atoms with Crippen LogP contribution in [0.25, 0.3) is 0 Å². The number of rotatable bonds is 5. The molecule has 0 bridgehead atoms. The highest BCUT2D eigenvalue weighted by molar-refractivity contribution is 7.13.